The predicted octanol–water partition coefficient (Wildman–Crippen LogP) is 3.59. The molecule has 0 unspecified atom stereocenters. The number of hydrogen-bond donors (Lipinski definition) is 0. The molecule has 0 bridgehead atoms. The van der Waals surface area contributed by atoms with Crippen LogP contribution >= 0.6 is 11.3 Å². The molecular weight excluding hydrogens is 246 g/mol. The molecule has 3 heterocycles. The van der Waals surface area contributed by atoms with Crippen molar-refractivity contribution in [1.29, 1.82) is 0 Å². The van der Waals surface area contributed by atoms with Gasteiger partial charge in [0.2, 0.25) is 0 Å². The molecule has 0 saturated carbocycles. The number of hydrogen-bond acceptors (Lipinski definition) is 3. The first kappa shape index (κ1) is 11.0. The van der Waals surface area contributed by atoms with E-state index in [1.807, 2.05) is 28.9 Å². The third-order valence-corrected chi connectivity index (χ3v) is 3.37. The highest BCUT2D eigenvalue weighted by molar-refractivity contribution is 7.08. The molecule has 18 heavy (non-hydrogen) atoms. The van der Waals surface area contributed by atoms with Gasteiger partial charge in [-0.05, 0) is 34.0 Å². The van der Waals surface area contributed by atoms with Crippen molar-refractivity contribution in [3.8, 4) is 16.9 Å². The molecular formula is C14H11NO2S. The molecule has 4 heteroatoms. The molecule has 90 valence electrons. The van der Waals surface area contributed by atoms with Gasteiger partial charge in [-0.15, -0.1) is 0 Å². The highest BCUT2D eigenvalue weighted by atomic mass is 32.1. The zero-order valence-corrected chi connectivity index (χ0v) is 10.6. The molecule has 0 atom stereocenters. The van der Waals surface area contributed by atoms with Crippen molar-refractivity contribution in [2.45, 2.75) is 6.92 Å². The summed E-state index contributed by atoms with van der Waals surface area (Å²) in [6.45, 7) is 1.40. The Balaban J connectivity index is 2.04. The lowest BCUT2D eigenvalue weighted by atomic mass is 10.1. The van der Waals surface area contributed by atoms with E-state index in [9.17, 15) is 4.79 Å². The number of nitrogens with zero attached hydrogens (tertiary/aromatic N) is 1. The molecule has 3 rings (SSSR count). The van der Waals surface area contributed by atoms with Crippen LogP contribution in [-0.2, 0) is 4.79 Å². The van der Waals surface area contributed by atoms with Gasteiger partial charge in [-0.25, -0.2) is 0 Å². The molecule has 0 N–H and O–H groups in total. The lowest BCUT2D eigenvalue weighted by Crippen LogP contribution is -1.99. The lowest BCUT2D eigenvalue weighted by molar-refractivity contribution is -0.131. The molecule has 0 saturated heterocycles. The van der Waals surface area contributed by atoms with Crippen molar-refractivity contribution in [2.24, 2.45) is 0 Å². The number of thiophene rings is 1. The smallest absolute Gasteiger partial charge is 0.308 e. The van der Waals surface area contributed by atoms with Gasteiger partial charge in [0.05, 0.1) is 6.20 Å². The number of carbonyl (C=O) groups is 1. The number of pyridine rings is 1. The summed E-state index contributed by atoms with van der Waals surface area (Å²) >= 11 is 1.67. The van der Waals surface area contributed by atoms with Crippen LogP contribution in [0.3, 0.4) is 0 Å². The fourth-order valence-corrected chi connectivity index (χ4v) is 2.57. The molecule has 3 aromatic heterocycles. The summed E-state index contributed by atoms with van der Waals surface area (Å²) in [5.74, 6) is 0.272. The van der Waals surface area contributed by atoms with Gasteiger partial charge < -0.3 is 9.14 Å². The van der Waals surface area contributed by atoms with E-state index in [1.54, 1.807) is 11.3 Å². The van der Waals surface area contributed by atoms with Crippen LogP contribution in [-0.4, -0.2) is 10.4 Å². The standard InChI is InChI=1S/C14H11NO2S/c1-10(16)17-14-6-13-3-2-11(7-15(13)8-14)12-4-5-18-9-12/h2-9H,1H3. The number of aromatic nitrogens is 1. The third-order valence-electron chi connectivity index (χ3n) is 2.68. The lowest BCUT2D eigenvalue weighted by Gasteiger charge is -1.99. The minimum Gasteiger partial charge on any atom is -0.425 e. The summed E-state index contributed by atoms with van der Waals surface area (Å²) in [5, 5.41) is 4.16. The Morgan fingerprint density at radius 2 is 2.11 bits per heavy atom. The van der Waals surface area contributed by atoms with Crippen LogP contribution in [0, 0.1) is 0 Å². The summed E-state index contributed by atoms with van der Waals surface area (Å²) in [4.78, 5) is 10.9. The molecule has 0 aromatic carbocycles. The van der Waals surface area contributed by atoms with E-state index in [2.05, 4.69) is 22.9 Å². The van der Waals surface area contributed by atoms with E-state index >= 15 is 0 Å². The maximum Gasteiger partial charge on any atom is 0.308 e. The van der Waals surface area contributed by atoms with Gasteiger partial charge in [-0.3, -0.25) is 4.79 Å². The largest absolute Gasteiger partial charge is 0.425 e. The number of rotatable bonds is 2. The molecule has 0 amide bonds. The van der Waals surface area contributed by atoms with Crippen molar-refractivity contribution in [1.82, 2.24) is 4.40 Å². The average Bonchev–Trinajstić information content (AvgIpc) is 2.94. The first-order chi connectivity index (χ1) is 8.72. The Morgan fingerprint density at radius 3 is 2.83 bits per heavy atom. The fourth-order valence-electron chi connectivity index (χ4n) is 1.90. The minimum absolute atomic E-state index is 0.302. The van der Waals surface area contributed by atoms with Gasteiger partial charge in [0, 0.05) is 24.7 Å². The van der Waals surface area contributed by atoms with Gasteiger partial charge in [0.1, 0.15) is 5.75 Å². The van der Waals surface area contributed by atoms with Crippen molar-refractivity contribution in [2.75, 3.05) is 0 Å². The number of ether oxygens (including phenoxy) is 1. The zero-order chi connectivity index (χ0) is 12.5. The molecule has 0 aliphatic heterocycles. The molecule has 0 aliphatic carbocycles. The van der Waals surface area contributed by atoms with Crippen LogP contribution in [0.2, 0.25) is 0 Å². The molecule has 0 fully saturated rings. The zero-order valence-electron chi connectivity index (χ0n) is 9.79. The molecule has 0 radical (unpaired) electrons. The van der Waals surface area contributed by atoms with Crippen molar-refractivity contribution in [3.05, 3.63) is 47.4 Å². The minimum atomic E-state index is -0.302. The number of esters is 1. The van der Waals surface area contributed by atoms with Crippen LogP contribution in [0.1, 0.15) is 6.92 Å². The summed E-state index contributed by atoms with van der Waals surface area (Å²) in [6.07, 6.45) is 3.84. The number of carbonyl (C=O) groups excluding carboxylic acids is 1. The number of fused-ring (bicyclic) bond motifs is 1. The van der Waals surface area contributed by atoms with E-state index in [0.29, 0.717) is 5.75 Å². The Kier molecular flexibility index (Phi) is 2.64. The quantitative estimate of drug-likeness (QED) is 0.657. The molecule has 0 aliphatic rings. The SMILES string of the molecule is CC(=O)Oc1cc2ccc(-c3ccsc3)cn2c1. The molecule has 0 spiro atoms. The van der Waals surface area contributed by atoms with Crippen LogP contribution < -0.4 is 4.74 Å². The van der Waals surface area contributed by atoms with Crippen molar-refractivity contribution >= 4 is 22.8 Å². The van der Waals surface area contributed by atoms with Gasteiger partial charge in [-0.1, -0.05) is 6.07 Å². The van der Waals surface area contributed by atoms with Gasteiger partial charge in [0.15, 0.2) is 0 Å². The first-order valence-corrected chi connectivity index (χ1v) is 6.49. The first-order valence-electron chi connectivity index (χ1n) is 5.55. The monoisotopic (exact) mass is 257 g/mol. The van der Waals surface area contributed by atoms with E-state index in [0.717, 1.165) is 11.1 Å². The van der Waals surface area contributed by atoms with Gasteiger partial charge in [-0.2, -0.15) is 11.3 Å². The Labute approximate surface area is 108 Å². The highest BCUT2D eigenvalue weighted by Gasteiger charge is 2.05. The average molecular weight is 257 g/mol. The third kappa shape index (κ3) is 2.02. The normalized spacial score (nSPS) is 10.7. The van der Waals surface area contributed by atoms with Crippen molar-refractivity contribution < 1.29 is 9.53 Å². The second-order valence-corrected chi connectivity index (χ2v) is 4.81. The van der Waals surface area contributed by atoms with E-state index in [4.69, 9.17) is 4.74 Å². The Bertz CT molecular complexity index is 698. The summed E-state index contributed by atoms with van der Waals surface area (Å²) in [5.41, 5.74) is 3.35. The van der Waals surface area contributed by atoms with Crippen LogP contribution in [0.15, 0.2) is 47.4 Å². The van der Waals surface area contributed by atoms with Gasteiger partial charge >= 0.3 is 5.97 Å². The van der Waals surface area contributed by atoms with Crippen LogP contribution in [0.25, 0.3) is 16.6 Å². The highest BCUT2D eigenvalue weighted by Crippen LogP contribution is 2.25. The van der Waals surface area contributed by atoms with E-state index < -0.39 is 0 Å². The maximum absolute atomic E-state index is 10.9. The van der Waals surface area contributed by atoms with E-state index in [1.165, 1.54) is 12.5 Å². The second kappa shape index (κ2) is 4.31. The fraction of sp³-hybridized carbons (Fsp3) is 0.0714. The summed E-state index contributed by atoms with van der Waals surface area (Å²) < 4.78 is 7.04. The second-order valence-electron chi connectivity index (χ2n) is 4.03. The van der Waals surface area contributed by atoms with Crippen LogP contribution in [0.5, 0.6) is 5.75 Å². The van der Waals surface area contributed by atoms with Crippen molar-refractivity contribution in [3.63, 3.8) is 0 Å². The van der Waals surface area contributed by atoms with Gasteiger partial charge in [0.25, 0.3) is 0 Å². The maximum atomic E-state index is 10.9. The summed E-state index contributed by atoms with van der Waals surface area (Å²) in [7, 11) is 0. The van der Waals surface area contributed by atoms with Crippen LogP contribution in [0.4, 0.5) is 0 Å². The Hall–Kier alpha value is -2.07. The molecule has 3 nitrogen and oxygen atoms in total. The van der Waals surface area contributed by atoms with E-state index in [-0.39, 0.29) is 5.97 Å². The predicted molar refractivity (Wildman–Crippen MR) is 72.0 cm³/mol. The summed E-state index contributed by atoms with van der Waals surface area (Å²) in [6, 6.07) is 8.01. The Morgan fingerprint density at radius 1 is 1.22 bits per heavy atom. The molecule has 3 aromatic rings. The topological polar surface area (TPSA) is 30.7 Å².